The maximum Gasteiger partial charge on any atom is 0.171 e. The molecule has 0 heterocycles. The number of benzene rings is 2. The van der Waals surface area contributed by atoms with Crippen molar-refractivity contribution in [2.75, 3.05) is 14.2 Å². The summed E-state index contributed by atoms with van der Waals surface area (Å²) in [6.07, 6.45) is 0. The molecule has 0 fully saturated rings. The minimum Gasteiger partial charge on any atom is -0.493 e. The highest BCUT2D eigenvalue weighted by molar-refractivity contribution is 5.74. The molecule has 0 saturated carbocycles. The number of rotatable bonds is 3. The van der Waals surface area contributed by atoms with Crippen molar-refractivity contribution in [1.82, 2.24) is 0 Å². The Labute approximate surface area is 104 Å². The van der Waals surface area contributed by atoms with E-state index in [0.29, 0.717) is 5.56 Å². The first-order chi connectivity index (χ1) is 8.69. The Morgan fingerprint density at radius 1 is 0.944 bits per heavy atom. The fourth-order valence-electron chi connectivity index (χ4n) is 1.80. The van der Waals surface area contributed by atoms with E-state index < -0.39 is 11.6 Å². The zero-order valence-electron chi connectivity index (χ0n) is 10.0. The Hall–Kier alpha value is -2.10. The largest absolute Gasteiger partial charge is 0.493 e. The lowest BCUT2D eigenvalue weighted by Crippen LogP contribution is -1.99. The van der Waals surface area contributed by atoms with Crippen molar-refractivity contribution < 1.29 is 18.3 Å². The molecule has 0 amide bonds. The Kier molecular flexibility index (Phi) is 3.46. The molecule has 0 aliphatic rings. The van der Waals surface area contributed by atoms with Gasteiger partial charge in [-0.1, -0.05) is 30.3 Å². The van der Waals surface area contributed by atoms with Gasteiger partial charge >= 0.3 is 0 Å². The van der Waals surface area contributed by atoms with Gasteiger partial charge < -0.3 is 9.47 Å². The van der Waals surface area contributed by atoms with Crippen LogP contribution in [0.3, 0.4) is 0 Å². The highest BCUT2D eigenvalue weighted by atomic mass is 19.2. The highest BCUT2D eigenvalue weighted by Gasteiger charge is 2.21. The van der Waals surface area contributed by atoms with Crippen molar-refractivity contribution in [2.45, 2.75) is 0 Å². The van der Waals surface area contributed by atoms with Crippen LogP contribution in [0.15, 0.2) is 36.4 Å². The first kappa shape index (κ1) is 12.4. The lowest BCUT2D eigenvalue weighted by molar-refractivity contribution is 0.349. The van der Waals surface area contributed by atoms with Gasteiger partial charge in [0, 0.05) is 6.07 Å². The van der Waals surface area contributed by atoms with Gasteiger partial charge in [0.15, 0.2) is 23.1 Å². The number of halogens is 2. The average molecular weight is 250 g/mol. The molecule has 0 aliphatic heterocycles. The van der Waals surface area contributed by atoms with Gasteiger partial charge in [0.05, 0.1) is 19.8 Å². The minimum atomic E-state index is -0.966. The van der Waals surface area contributed by atoms with Gasteiger partial charge in [-0.15, -0.1) is 0 Å². The summed E-state index contributed by atoms with van der Waals surface area (Å²) in [6, 6.07) is 9.61. The van der Waals surface area contributed by atoms with Gasteiger partial charge in [0.25, 0.3) is 0 Å². The molecule has 0 radical (unpaired) electrons. The number of methoxy groups -OCH3 is 2. The van der Waals surface area contributed by atoms with Gasteiger partial charge in [-0.2, -0.15) is 0 Å². The summed E-state index contributed by atoms with van der Waals surface area (Å²) in [6.45, 7) is 0. The molecule has 0 spiro atoms. The van der Waals surface area contributed by atoms with Crippen LogP contribution in [0.4, 0.5) is 8.78 Å². The van der Waals surface area contributed by atoms with Crippen molar-refractivity contribution in [3.05, 3.63) is 48.0 Å². The molecule has 0 bridgehead atoms. The smallest absolute Gasteiger partial charge is 0.171 e. The van der Waals surface area contributed by atoms with E-state index in [0.717, 1.165) is 6.07 Å². The second-order valence-corrected chi connectivity index (χ2v) is 3.65. The van der Waals surface area contributed by atoms with E-state index in [1.54, 1.807) is 30.3 Å². The average Bonchev–Trinajstić information content (AvgIpc) is 2.42. The molecule has 0 N–H and O–H groups in total. The Balaban J connectivity index is 2.75. The van der Waals surface area contributed by atoms with Crippen molar-refractivity contribution in [3.63, 3.8) is 0 Å². The van der Waals surface area contributed by atoms with E-state index in [1.165, 1.54) is 14.2 Å². The van der Waals surface area contributed by atoms with Gasteiger partial charge in [0.1, 0.15) is 0 Å². The zero-order valence-corrected chi connectivity index (χ0v) is 10.0. The first-order valence-corrected chi connectivity index (χ1v) is 5.34. The molecular weight excluding hydrogens is 238 g/mol. The summed E-state index contributed by atoms with van der Waals surface area (Å²) in [5, 5.41) is 0. The van der Waals surface area contributed by atoms with Gasteiger partial charge in [-0.3, -0.25) is 0 Å². The van der Waals surface area contributed by atoms with Crippen molar-refractivity contribution in [3.8, 4) is 22.6 Å². The maximum absolute atomic E-state index is 13.9. The molecule has 0 aliphatic carbocycles. The summed E-state index contributed by atoms with van der Waals surface area (Å²) >= 11 is 0. The molecule has 0 aromatic heterocycles. The van der Waals surface area contributed by atoms with Gasteiger partial charge in [-0.05, 0) is 5.56 Å². The summed E-state index contributed by atoms with van der Waals surface area (Å²) in [4.78, 5) is 0. The van der Waals surface area contributed by atoms with Crippen molar-refractivity contribution in [1.29, 1.82) is 0 Å². The minimum absolute atomic E-state index is 0.0648. The Morgan fingerprint density at radius 3 is 2.17 bits per heavy atom. The second-order valence-electron chi connectivity index (χ2n) is 3.65. The SMILES string of the molecule is COc1cc(F)c(F)c(-c2ccccc2)c1OC. The van der Waals surface area contributed by atoms with Crippen molar-refractivity contribution >= 4 is 0 Å². The third-order valence-corrected chi connectivity index (χ3v) is 2.62. The normalized spacial score (nSPS) is 10.2. The molecule has 94 valence electrons. The Morgan fingerprint density at radius 2 is 1.61 bits per heavy atom. The lowest BCUT2D eigenvalue weighted by Gasteiger charge is -2.14. The molecule has 4 heteroatoms. The molecule has 18 heavy (non-hydrogen) atoms. The van der Waals surface area contributed by atoms with E-state index in [2.05, 4.69) is 0 Å². The third kappa shape index (κ3) is 2.01. The molecule has 2 rings (SSSR count). The predicted octanol–water partition coefficient (Wildman–Crippen LogP) is 3.65. The molecular formula is C14H12F2O2. The molecule has 2 nitrogen and oxygen atoms in total. The standard InChI is InChI=1S/C14H12F2O2/c1-17-11-8-10(15)13(16)12(14(11)18-2)9-6-4-3-5-7-9/h3-8H,1-2H3. The van der Waals surface area contributed by atoms with E-state index in [9.17, 15) is 8.78 Å². The highest BCUT2D eigenvalue weighted by Crippen LogP contribution is 2.41. The maximum atomic E-state index is 13.9. The first-order valence-electron chi connectivity index (χ1n) is 5.34. The number of hydrogen-bond acceptors (Lipinski definition) is 2. The topological polar surface area (TPSA) is 18.5 Å². The Bertz CT molecular complexity index is 553. The van der Waals surface area contributed by atoms with Crippen LogP contribution in [-0.2, 0) is 0 Å². The zero-order chi connectivity index (χ0) is 13.1. The van der Waals surface area contributed by atoms with Gasteiger partial charge in [-0.25, -0.2) is 8.78 Å². The van der Waals surface area contributed by atoms with Crippen molar-refractivity contribution in [2.24, 2.45) is 0 Å². The van der Waals surface area contributed by atoms with E-state index in [1.807, 2.05) is 0 Å². The summed E-state index contributed by atoms with van der Waals surface area (Å²) in [5.41, 5.74) is 0.597. The molecule has 0 saturated heterocycles. The van der Waals surface area contributed by atoms with Crippen LogP contribution in [0.1, 0.15) is 0 Å². The van der Waals surface area contributed by atoms with Crippen LogP contribution in [-0.4, -0.2) is 14.2 Å². The quantitative estimate of drug-likeness (QED) is 0.827. The van der Waals surface area contributed by atoms with E-state index in [-0.39, 0.29) is 17.1 Å². The van der Waals surface area contributed by atoms with Crippen LogP contribution < -0.4 is 9.47 Å². The molecule has 2 aromatic carbocycles. The van der Waals surface area contributed by atoms with E-state index in [4.69, 9.17) is 9.47 Å². The summed E-state index contributed by atoms with van der Waals surface area (Å²) in [5.74, 6) is -1.57. The number of hydrogen-bond donors (Lipinski definition) is 0. The van der Waals surface area contributed by atoms with Crippen LogP contribution in [0, 0.1) is 11.6 Å². The molecule has 0 unspecified atom stereocenters. The fourth-order valence-corrected chi connectivity index (χ4v) is 1.80. The van der Waals surface area contributed by atoms with E-state index >= 15 is 0 Å². The number of ether oxygens (including phenoxy) is 2. The fraction of sp³-hybridized carbons (Fsp3) is 0.143. The summed E-state index contributed by atoms with van der Waals surface area (Å²) in [7, 11) is 2.77. The molecule has 0 atom stereocenters. The van der Waals surface area contributed by atoms with Crippen LogP contribution >= 0.6 is 0 Å². The van der Waals surface area contributed by atoms with Crippen LogP contribution in [0.25, 0.3) is 11.1 Å². The predicted molar refractivity (Wildman–Crippen MR) is 64.9 cm³/mol. The third-order valence-electron chi connectivity index (χ3n) is 2.62. The van der Waals surface area contributed by atoms with Crippen LogP contribution in [0.2, 0.25) is 0 Å². The molecule has 2 aromatic rings. The van der Waals surface area contributed by atoms with Crippen LogP contribution in [0.5, 0.6) is 11.5 Å². The van der Waals surface area contributed by atoms with Gasteiger partial charge in [0.2, 0.25) is 0 Å². The lowest BCUT2D eigenvalue weighted by atomic mass is 10.0. The monoisotopic (exact) mass is 250 g/mol. The summed E-state index contributed by atoms with van der Waals surface area (Å²) < 4.78 is 37.6. The second kappa shape index (κ2) is 5.04.